The van der Waals surface area contributed by atoms with Crippen molar-refractivity contribution in [3.05, 3.63) is 0 Å². The molecule has 5 nitrogen and oxygen atoms in total. The molecule has 6 heteroatoms. The molecule has 0 saturated carbocycles. The van der Waals surface area contributed by atoms with Crippen LogP contribution in [0.25, 0.3) is 0 Å². The first-order chi connectivity index (χ1) is 11.3. The zero-order valence-corrected chi connectivity index (χ0v) is 19.8. The summed E-state index contributed by atoms with van der Waals surface area (Å²) in [6.45, 7) is 18.1. The highest BCUT2D eigenvalue weighted by atomic mass is 127. The average Bonchev–Trinajstić information content (AvgIpc) is 2.53. The minimum atomic E-state index is 0. The summed E-state index contributed by atoms with van der Waals surface area (Å²) >= 11 is 0. The van der Waals surface area contributed by atoms with Crippen LogP contribution in [0.15, 0.2) is 4.99 Å². The lowest BCUT2D eigenvalue weighted by Gasteiger charge is -2.35. The summed E-state index contributed by atoms with van der Waals surface area (Å²) in [6.07, 6.45) is 3.55. The summed E-state index contributed by atoms with van der Waals surface area (Å²) in [4.78, 5) is 9.49. The van der Waals surface area contributed by atoms with Gasteiger partial charge in [-0.1, -0.05) is 0 Å². The highest BCUT2D eigenvalue weighted by Gasteiger charge is 2.21. The van der Waals surface area contributed by atoms with E-state index in [0.29, 0.717) is 24.2 Å². The Bertz CT molecular complexity index is 355. The fraction of sp³-hybridized carbons (Fsp3) is 0.947. The third kappa shape index (κ3) is 9.43. The molecule has 1 aliphatic rings. The number of halogens is 1. The van der Waals surface area contributed by atoms with Crippen LogP contribution >= 0.6 is 24.0 Å². The molecule has 0 aliphatic carbocycles. The summed E-state index contributed by atoms with van der Waals surface area (Å²) in [5, 5.41) is 7.08. The molecule has 0 atom stereocenters. The molecule has 150 valence electrons. The van der Waals surface area contributed by atoms with Gasteiger partial charge in [-0.05, 0) is 60.8 Å². The zero-order chi connectivity index (χ0) is 18.1. The van der Waals surface area contributed by atoms with E-state index in [1.807, 2.05) is 7.05 Å². The van der Waals surface area contributed by atoms with Crippen molar-refractivity contribution in [3.63, 3.8) is 0 Å². The lowest BCUT2D eigenvalue weighted by Crippen LogP contribution is -2.50. The van der Waals surface area contributed by atoms with Gasteiger partial charge in [-0.25, -0.2) is 0 Å². The monoisotopic (exact) mass is 467 g/mol. The first-order valence-corrected chi connectivity index (χ1v) is 9.82. The quantitative estimate of drug-likeness (QED) is 0.249. The number of rotatable bonds is 8. The normalized spacial score (nSPS) is 17.5. The van der Waals surface area contributed by atoms with Crippen LogP contribution in [-0.2, 0) is 0 Å². The van der Waals surface area contributed by atoms with Crippen LogP contribution in [-0.4, -0.2) is 73.2 Å². The summed E-state index contributed by atoms with van der Waals surface area (Å²) in [5.74, 6) is 0.957. The maximum Gasteiger partial charge on any atom is 0.191 e. The fourth-order valence-corrected chi connectivity index (χ4v) is 3.53. The van der Waals surface area contributed by atoms with Crippen molar-refractivity contribution in [2.75, 3.05) is 33.2 Å². The van der Waals surface area contributed by atoms with Gasteiger partial charge in [0.25, 0.3) is 0 Å². The smallest absolute Gasteiger partial charge is 0.191 e. The molecule has 1 saturated heterocycles. The van der Waals surface area contributed by atoms with Gasteiger partial charge in [0.2, 0.25) is 0 Å². The van der Waals surface area contributed by atoms with Crippen LogP contribution in [0.4, 0.5) is 0 Å². The molecule has 1 fully saturated rings. The molecule has 2 N–H and O–H groups in total. The summed E-state index contributed by atoms with van der Waals surface area (Å²) in [5.41, 5.74) is 0. The van der Waals surface area contributed by atoms with Crippen LogP contribution in [0, 0.1) is 0 Å². The van der Waals surface area contributed by atoms with E-state index < -0.39 is 0 Å². The Morgan fingerprint density at radius 1 is 1.08 bits per heavy atom. The standard InChI is InChI=1S/C19H41N5.HI/c1-15(2)23-13-9-18(10-14-23)22-19(20-7)21-11-8-12-24(16(3)4)17(5)6;/h15-18H,8-14H2,1-7H3,(H2,20,21,22);1H. The third-order valence-electron chi connectivity index (χ3n) is 5.04. The zero-order valence-electron chi connectivity index (χ0n) is 17.5. The molecular weight excluding hydrogens is 425 g/mol. The Kier molecular flexibility index (Phi) is 13.1. The van der Waals surface area contributed by atoms with E-state index in [4.69, 9.17) is 0 Å². The molecule has 0 bridgehead atoms. The predicted octanol–water partition coefficient (Wildman–Crippen LogP) is 3.15. The number of guanidine groups is 1. The minimum Gasteiger partial charge on any atom is -0.356 e. The Morgan fingerprint density at radius 3 is 2.08 bits per heavy atom. The Morgan fingerprint density at radius 2 is 1.64 bits per heavy atom. The first-order valence-electron chi connectivity index (χ1n) is 9.82. The van der Waals surface area contributed by atoms with E-state index in [1.54, 1.807) is 0 Å². The number of hydrogen-bond donors (Lipinski definition) is 2. The number of hydrogen-bond acceptors (Lipinski definition) is 3. The maximum absolute atomic E-state index is 4.39. The van der Waals surface area contributed by atoms with Gasteiger partial charge in [-0.2, -0.15) is 0 Å². The van der Waals surface area contributed by atoms with Gasteiger partial charge in [0, 0.05) is 57.4 Å². The van der Waals surface area contributed by atoms with Crippen molar-refractivity contribution < 1.29 is 0 Å². The summed E-state index contributed by atoms with van der Waals surface area (Å²) in [7, 11) is 1.87. The van der Waals surface area contributed by atoms with E-state index in [1.165, 1.54) is 25.9 Å². The predicted molar refractivity (Wildman–Crippen MR) is 121 cm³/mol. The fourth-order valence-electron chi connectivity index (χ4n) is 3.53. The molecule has 25 heavy (non-hydrogen) atoms. The molecular formula is C19H42IN5. The van der Waals surface area contributed by atoms with Gasteiger partial charge in [0.1, 0.15) is 0 Å². The highest BCUT2D eigenvalue weighted by Crippen LogP contribution is 2.12. The maximum atomic E-state index is 4.39. The first kappa shape index (κ1) is 24.9. The van der Waals surface area contributed by atoms with Gasteiger partial charge in [-0.15, -0.1) is 24.0 Å². The molecule has 0 unspecified atom stereocenters. The van der Waals surface area contributed by atoms with E-state index in [2.05, 4.69) is 67.0 Å². The summed E-state index contributed by atoms with van der Waals surface area (Å²) in [6, 6.07) is 2.42. The summed E-state index contributed by atoms with van der Waals surface area (Å²) < 4.78 is 0. The third-order valence-corrected chi connectivity index (χ3v) is 5.04. The van der Waals surface area contributed by atoms with Gasteiger partial charge >= 0.3 is 0 Å². The van der Waals surface area contributed by atoms with Gasteiger partial charge in [0.15, 0.2) is 5.96 Å². The molecule has 0 spiro atoms. The van der Waals surface area contributed by atoms with Crippen LogP contribution in [0.2, 0.25) is 0 Å². The van der Waals surface area contributed by atoms with Crippen molar-refractivity contribution in [2.24, 2.45) is 4.99 Å². The second-order valence-electron chi connectivity index (χ2n) is 7.83. The molecule has 0 aromatic rings. The molecule has 1 aliphatic heterocycles. The van der Waals surface area contributed by atoms with Crippen molar-refractivity contribution in [2.45, 2.75) is 85.0 Å². The van der Waals surface area contributed by atoms with E-state index in [9.17, 15) is 0 Å². The van der Waals surface area contributed by atoms with Crippen molar-refractivity contribution in [1.82, 2.24) is 20.4 Å². The Hall–Kier alpha value is -0.0800. The second-order valence-corrected chi connectivity index (χ2v) is 7.83. The Labute approximate surface area is 173 Å². The van der Waals surface area contributed by atoms with E-state index in [-0.39, 0.29) is 24.0 Å². The second kappa shape index (κ2) is 13.1. The van der Waals surface area contributed by atoms with Crippen molar-refractivity contribution >= 4 is 29.9 Å². The average molecular weight is 467 g/mol. The van der Waals surface area contributed by atoms with Crippen molar-refractivity contribution in [1.29, 1.82) is 0 Å². The topological polar surface area (TPSA) is 42.9 Å². The number of nitrogens with zero attached hydrogens (tertiary/aromatic N) is 3. The molecule has 0 aromatic carbocycles. The van der Waals surface area contributed by atoms with Crippen LogP contribution in [0.5, 0.6) is 0 Å². The Balaban J connectivity index is 0.00000576. The lowest BCUT2D eigenvalue weighted by molar-refractivity contribution is 0.167. The van der Waals surface area contributed by atoms with Gasteiger partial charge in [0.05, 0.1) is 0 Å². The largest absolute Gasteiger partial charge is 0.356 e. The van der Waals surface area contributed by atoms with Gasteiger partial charge < -0.3 is 15.5 Å². The number of likely N-dealkylation sites (tertiary alicyclic amines) is 1. The number of aliphatic imine (C=N–C) groups is 1. The molecule has 0 radical (unpaired) electrons. The van der Waals surface area contributed by atoms with E-state index >= 15 is 0 Å². The van der Waals surface area contributed by atoms with Crippen molar-refractivity contribution in [3.8, 4) is 0 Å². The molecule has 0 aromatic heterocycles. The van der Waals surface area contributed by atoms with Crippen LogP contribution in [0.3, 0.4) is 0 Å². The number of nitrogens with one attached hydrogen (secondary N) is 2. The van der Waals surface area contributed by atoms with Crippen LogP contribution < -0.4 is 10.6 Å². The highest BCUT2D eigenvalue weighted by molar-refractivity contribution is 14.0. The lowest BCUT2D eigenvalue weighted by atomic mass is 10.0. The minimum absolute atomic E-state index is 0. The van der Waals surface area contributed by atoms with Crippen LogP contribution in [0.1, 0.15) is 60.8 Å². The molecule has 0 amide bonds. The SMILES string of the molecule is CN=C(NCCCN(C(C)C)C(C)C)NC1CCN(C(C)C)CC1.I. The van der Waals surface area contributed by atoms with Gasteiger partial charge in [-0.3, -0.25) is 9.89 Å². The van der Waals surface area contributed by atoms with E-state index in [0.717, 1.165) is 25.5 Å². The molecule has 1 rings (SSSR count). The molecule has 1 heterocycles. The number of piperidine rings is 1.